The van der Waals surface area contributed by atoms with E-state index in [9.17, 15) is 9.59 Å². The first-order chi connectivity index (χ1) is 16.1. The largest absolute Gasteiger partial charge is 0.497 e. The van der Waals surface area contributed by atoms with Crippen LogP contribution < -0.4 is 20.5 Å². The summed E-state index contributed by atoms with van der Waals surface area (Å²) in [6.45, 7) is 0.247. The van der Waals surface area contributed by atoms with Gasteiger partial charge in [0.05, 0.1) is 32.4 Å². The van der Waals surface area contributed by atoms with Gasteiger partial charge in [0.2, 0.25) is 0 Å². The van der Waals surface area contributed by atoms with Crippen molar-refractivity contribution < 1.29 is 14.3 Å². The summed E-state index contributed by atoms with van der Waals surface area (Å²) < 4.78 is 11.8. The van der Waals surface area contributed by atoms with E-state index >= 15 is 0 Å². The summed E-state index contributed by atoms with van der Waals surface area (Å²) in [5.41, 5.74) is 3.90. The summed E-state index contributed by atoms with van der Waals surface area (Å²) in [6, 6.07) is 21.6. The first-order valence-electron chi connectivity index (χ1n) is 10.2. The molecule has 0 aliphatic rings. The third kappa shape index (κ3) is 4.74. The number of hydrogen-bond donors (Lipinski definition) is 1. The monoisotopic (exact) mass is 442 g/mol. The molecule has 4 rings (SSSR count). The molecule has 0 spiro atoms. The fourth-order valence-corrected chi connectivity index (χ4v) is 3.40. The highest BCUT2D eigenvalue weighted by Gasteiger charge is 2.16. The zero-order chi connectivity index (χ0) is 23.2. The Labute approximate surface area is 190 Å². The fourth-order valence-electron chi connectivity index (χ4n) is 3.40. The van der Waals surface area contributed by atoms with Crippen LogP contribution in [-0.2, 0) is 6.54 Å². The van der Waals surface area contributed by atoms with Gasteiger partial charge in [0.15, 0.2) is 5.69 Å². The highest BCUT2D eigenvalue weighted by Crippen LogP contribution is 2.23. The molecule has 0 saturated heterocycles. The average molecular weight is 442 g/mol. The van der Waals surface area contributed by atoms with Gasteiger partial charge in [-0.15, -0.1) is 0 Å². The summed E-state index contributed by atoms with van der Waals surface area (Å²) >= 11 is 0. The van der Waals surface area contributed by atoms with Crippen LogP contribution >= 0.6 is 0 Å². The van der Waals surface area contributed by atoms with Crippen LogP contribution in [0.4, 0.5) is 0 Å². The van der Waals surface area contributed by atoms with E-state index in [1.807, 2.05) is 30.3 Å². The molecule has 0 aliphatic carbocycles. The molecule has 0 unspecified atom stereocenters. The number of ether oxygens (including phenoxy) is 2. The highest BCUT2D eigenvalue weighted by molar-refractivity contribution is 6.05. The molecule has 0 atom stereocenters. The number of rotatable bonds is 7. The van der Waals surface area contributed by atoms with E-state index < -0.39 is 5.91 Å². The van der Waals surface area contributed by atoms with Crippen molar-refractivity contribution >= 4 is 22.9 Å². The van der Waals surface area contributed by atoms with Gasteiger partial charge in [-0.2, -0.15) is 10.2 Å². The summed E-state index contributed by atoms with van der Waals surface area (Å²) in [5.74, 6) is 0.661. The van der Waals surface area contributed by atoms with E-state index in [1.54, 1.807) is 49.6 Å². The Hall–Kier alpha value is -4.46. The van der Waals surface area contributed by atoms with Crippen LogP contribution in [0.2, 0.25) is 0 Å². The first-order valence-corrected chi connectivity index (χ1v) is 10.2. The van der Waals surface area contributed by atoms with E-state index in [0.717, 1.165) is 5.56 Å². The minimum absolute atomic E-state index is 0.111. The molecule has 8 nitrogen and oxygen atoms in total. The molecular weight excluding hydrogens is 420 g/mol. The van der Waals surface area contributed by atoms with Gasteiger partial charge >= 0.3 is 0 Å². The second-order valence-electron chi connectivity index (χ2n) is 7.15. The lowest BCUT2D eigenvalue weighted by atomic mass is 10.1. The molecule has 0 radical (unpaired) electrons. The number of aromatic nitrogens is 2. The van der Waals surface area contributed by atoms with Crippen molar-refractivity contribution in [2.24, 2.45) is 5.10 Å². The maximum atomic E-state index is 13.0. The SMILES string of the molecule is COc1ccc(/C=N/NC(=O)c2nn(Cc3ccccc3)c(=O)c3ccccc23)c(OC)c1. The predicted octanol–water partition coefficient (Wildman–Crippen LogP) is 3.23. The lowest BCUT2D eigenvalue weighted by Crippen LogP contribution is -2.29. The molecule has 1 N–H and O–H groups in total. The third-order valence-corrected chi connectivity index (χ3v) is 5.07. The van der Waals surface area contributed by atoms with E-state index in [2.05, 4.69) is 15.6 Å². The van der Waals surface area contributed by atoms with Crippen molar-refractivity contribution in [1.29, 1.82) is 0 Å². The Bertz CT molecular complexity index is 1380. The van der Waals surface area contributed by atoms with Crippen molar-refractivity contribution in [1.82, 2.24) is 15.2 Å². The molecule has 8 heteroatoms. The van der Waals surface area contributed by atoms with Crippen molar-refractivity contribution in [2.75, 3.05) is 14.2 Å². The summed E-state index contributed by atoms with van der Waals surface area (Å²) in [7, 11) is 3.11. The first kappa shape index (κ1) is 21.8. The zero-order valence-electron chi connectivity index (χ0n) is 18.2. The van der Waals surface area contributed by atoms with Crippen molar-refractivity contribution in [3.05, 3.63) is 100.0 Å². The van der Waals surface area contributed by atoms with E-state index in [-0.39, 0.29) is 17.8 Å². The van der Waals surface area contributed by atoms with E-state index in [4.69, 9.17) is 9.47 Å². The molecule has 1 amide bonds. The number of carbonyl (C=O) groups excluding carboxylic acids is 1. The minimum atomic E-state index is -0.531. The van der Waals surface area contributed by atoms with Gasteiger partial charge in [0, 0.05) is 17.0 Å². The van der Waals surface area contributed by atoms with Crippen LogP contribution in [0.15, 0.2) is 82.7 Å². The van der Waals surface area contributed by atoms with Crippen LogP contribution in [0.25, 0.3) is 10.8 Å². The number of benzene rings is 3. The van der Waals surface area contributed by atoms with E-state index in [1.165, 1.54) is 18.0 Å². The fraction of sp³-hybridized carbons (Fsp3) is 0.120. The average Bonchev–Trinajstić information content (AvgIpc) is 2.86. The molecular formula is C25H22N4O4. The Kier molecular flexibility index (Phi) is 6.45. The quantitative estimate of drug-likeness (QED) is 0.350. The van der Waals surface area contributed by atoms with Crippen LogP contribution in [-0.4, -0.2) is 36.1 Å². The minimum Gasteiger partial charge on any atom is -0.497 e. The molecule has 33 heavy (non-hydrogen) atoms. The maximum Gasteiger partial charge on any atom is 0.292 e. The topological polar surface area (TPSA) is 94.8 Å². The molecule has 0 bridgehead atoms. The van der Waals surface area contributed by atoms with Gasteiger partial charge in [-0.25, -0.2) is 10.1 Å². The number of methoxy groups -OCH3 is 2. The van der Waals surface area contributed by atoms with Crippen molar-refractivity contribution in [3.63, 3.8) is 0 Å². The van der Waals surface area contributed by atoms with Gasteiger partial charge in [-0.05, 0) is 23.8 Å². The lowest BCUT2D eigenvalue weighted by Gasteiger charge is -2.10. The summed E-state index contributed by atoms with van der Waals surface area (Å²) in [4.78, 5) is 25.9. The predicted molar refractivity (Wildman–Crippen MR) is 126 cm³/mol. The smallest absolute Gasteiger partial charge is 0.292 e. The van der Waals surface area contributed by atoms with Crippen LogP contribution in [0.5, 0.6) is 11.5 Å². The molecule has 4 aromatic rings. The number of hydrazone groups is 1. The summed E-state index contributed by atoms with van der Waals surface area (Å²) in [6.07, 6.45) is 1.47. The Balaban J connectivity index is 1.65. The molecule has 0 saturated carbocycles. The van der Waals surface area contributed by atoms with Crippen molar-refractivity contribution in [3.8, 4) is 11.5 Å². The van der Waals surface area contributed by atoms with Gasteiger partial charge in [-0.1, -0.05) is 48.5 Å². The standard InChI is InChI=1S/C25H22N4O4/c1-32-19-13-12-18(22(14-19)33-2)15-26-27-24(30)23-20-10-6-7-11-21(20)25(31)29(28-23)16-17-8-4-3-5-9-17/h3-15H,16H2,1-2H3,(H,27,30)/b26-15+. The maximum absolute atomic E-state index is 13.0. The van der Waals surface area contributed by atoms with Gasteiger partial charge < -0.3 is 9.47 Å². The van der Waals surface area contributed by atoms with Crippen molar-refractivity contribution in [2.45, 2.75) is 6.54 Å². The van der Waals surface area contributed by atoms with Crippen LogP contribution in [0.1, 0.15) is 21.6 Å². The Morgan fingerprint density at radius 3 is 2.45 bits per heavy atom. The Morgan fingerprint density at radius 2 is 1.73 bits per heavy atom. The molecule has 0 aliphatic heterocycles. The number of nitrogens with one attached hydrogen (secondary N) is 1. The molecule has 0 fully saturated rings. The van der Waals surface area contributed by atoms with Gasteiger partial charge in [-0.3, -0.25) is 9.59 Å². The molecule has 3 aromatic carbocycles. The van der Waals surface area contributed by atoms with E-state index in [0.29, 0.717) is 27.8 Å². The normalized spacial score (nSPS) is 11.0. The number of fused-ring (bicyclic) bond motifs is 1. The second-order valence-corrected chi connectivity index (χ2v) is 7.15. The van der Waals surface area contributed by atoms with Gasteiger partial charge in [0.25, 0.3) is 11.5 Å². The highest BCUT2D eigenvalue weighted by atomic mass is 16.5. The van der Waals surface area contributed by atoms with Crippen LogP contribution in [0, 0.1) is 0 Å². The molecule has 1 heterocycles. The second kappa shape index (κ2) is 9.78. The van der Waals surface area contributed by atoms with Crippen LogP contribution in [0.3, 0.4) is 0 Å². The third-order valence-electron chi connectivity index (χ3n) is 5.07. The van der Waals surface area contributed by atoms with Gasteiger partial charge in [0.1, 0.15) is 11.5 Å². The Morgan fingerprint density at radius 1 is 1.00 bits per heavy atom. The summed E-state index contributed by atoms with van der Waals surface area (Å²) in [5, 5.41) is 9.28. The molecule has 166 valence electrons. The number of amides is 1. The molecule has 1 aromatic heterocycles. The number of carbonyl (C=O) groups is 1. The number of hydrogen-bond acceptors (Lipinski definition) is 6. The lowest BCUT2D eigenvalue weighted by molar-refractivity contribution is 0.0949. The number of nitrogens with zero attached hydrogens (tertiary/aromatic N) is 3. The zero-order valence-corrected chi connectivity index (χ0v) is 18.2.